The Labute approximate surface area is 195 Å². The molecule has 2 aliphatic heterocycles. The van der Waals surface area contributed by atoms with Gasteiger partial charge in [0.15, 0.2) is 17.5 Å². The number of hydrogen-bond acceptors (Lipinski definition) is 4. The molecule has 0 aliphatic carbocycles. The summed E-state index contributed by atoms with van der Waals surface area (Å²) in [7, 11) is 1.74. The fourth-order valence-corrected chi connectivity index (χ4v) is 3.82. The number of rotatable bonds is 5. The molecule has 7 nitrogen and oxygen atoms in total. The summed E-state index contributed by atoms with van der Waals surface area (Å²) in [6.45, 7) is 6.95. The molecule has 0 bridgehead atoms. The molecule has 0 spiro atoms. The molecular weight excluding hydrogens is 502 g/mol. The number of nitrogens with one attached hydrogen (secondary N) is 1. The van der Waals surface area contributed by atoms with Crippen molar-refractivity contribution in [1.29, 1.82) is 0 Å². The van der Waals surface area contributed by atoms with E-state index in [1.54, 1.807) is 13.1 Å². The second kappa shape index (κ2) is 12.3. The second-order valence-corrected chi connectivity index (χ2v) is 7.30. The zero-order valence-corrected chi connectivity index (χ0v) is 20.1. The van der Waals surface area contributed by atoms with Crippen molar-refractivity contribution in [3.05, 3.63) is 29.6 Å². The number of ether oxygens (including phenoxy) is 2. The van der Waals surface area contributed by atoms with Gasteiger partial charge in [-0.25, -0.2) is 4.39 Å². The lowest BCUT2D eigenvalue weighted by molar-refractivity contribution is -0.140. The van der Waals surface area contributed by atoms with Crippen molar-refractivity contribution in [2.75, 3.05) is 53.0 Å². The molecule has 0 saturated carbocycles. The molecule has 2 heterocycles. The van der Waals surface area contributed by atoms with Gasteiger partial charge in [-0.1, -0.05) is 6.07 Å². The number of benzene rings is 1. The van der Waals surface area contributed by atoms with Crippen molar-refractivity contribution < 1.29 is 18.7 Å². The number of aliphatic imine (C=N–C) groups is 1. The van der Waals surface area contributed by atoms with Crippen LogP contribution in [0.4, 0.5) is 4.39 Å². The summed E-state index contributed by atoms with van der Waals surface area (Å²) in [6.07, 6.45) is 1.63. The third-order valence-electron chi connectivity index (χ3n) is 5.43. The maximum Gasteiger partial charge on any atom is 0.225 e. The molecule has 3 rings (SSSR count). The summed E-state index contributed by atoms with van der Waals surface area (Å²) in [4.78, 5) is 21.1. The Morgan fingerprint density at radius 1 is 1.23 bits per heavy atom. The summed E-state index contributed by atoms with van der Waals surface area (Å²) in [5.41, 5.74) is 0.824. The van der Waals surface area contributed by atoms with Gasteiger partial charge < -0.3 is 24.6 Å². The summed E-state index contributed by atoms with van der Waals surface area (Å²) >= 11 is 0. The van der Waals surface area contributed by atoms with Gasteiger partial charge in [0, 0.05) is 45.7 Å². The molecule has 2 saturated heterocycles. The van der Waals surface area contributed by atoms with E-state index >= 15 is 0 Å². The first-order chi connectivity index (χ1) is 14.1. The van der Waals surface area contributed by atoms with Crippen LogP contribution in [0.2, 0.25) is 0 Å². The van der Waals surface area contributed by atoms with E-state index in [-0.39, 0.29) is 47.4 Å². The lowest BCUT2D eigenvalue weighted by Gasteiger charge is -2.36. The van der Waals surface area contributed by atoms with E-state index in [4.69, 9.17) is 9.47 Å². The molecule has 0 unspecified atom stereocenters. The number of nitrogens with zero attached hydrogens (tertiary/aromatic N) is 3. The van der Waals surface area contributed by atoms with E-state index in [0.717, 1.165) is 37.5 Å². The summed E-state index contributed by atoms with van der Waals surface area (Å²) in [5, 5.41) is 3.30. The van der Waals surface area contributed by atoms with Crippen LogP contribution in [0.15, 0.2) is 23.2 Å². The zero-order chi connectivity index (χ0) is 20.6. The van der Waals surface area contributed by atoms with E-state index in [1.807, 2.05) is 17.9 Å². The highest BCUT2D eigenvalue weighted by Gasteiger charge is 2.30. The van der Waals surface area contributed by atoms with Crippen LogP contribution in [0.1, 0.15) is 25.3 Å². The normalized spacial score (nSPS) is 18.0. The van der Waals surface area contributed by atoms with E-state index < -0.39 is 0 Å². The van der Waals surface area contributed by atoms with Gasteiger partial charge >= 0.3 is 0 Å². The van der Waals surface area contributed by atoms with E-state index in [0.29, 0.717) is 39.5 Å². The average molecular weight is 534 g/mol. The second-order valence-electron chi connectivity index (χ2n) is 7.30. The number of carbonyl (C=O) groups excluding carboxylic acids is 1. The minimum atomic E-state index is -0.358. The highest BCUT2D eigenvalue weighted by atomic mass is 127. The molecule has 1 amide bonds. The minimum Gasteiger partial charge on any atom is -0.491 e. The minimum absolute atomic E-state index is 0. The number of halogens is 2. The SMILES string of the molecule is CCOc1ccc(CNC(=NC)N2CCC(C(=O)N3CCOCC3)CC2)cc1F.I. The first-order valence-electron chi connectivity index (χ1n) is 10.4. The van der Waals surface area contributed by atoms with Crippen molar-refractivity contribution in [3.63, 3.8) is 0 Å². The smallest absolute Gasteiger partial charge is 0.225 e. The van der Waals surface area contributed by atoms with E-state index in [9.17, 15) is 9.18 Å². The fraction of sp³-hybridized carbons (Fsp3) is 0.619. The van der Waals surface area contributed by atoms with Crippen LogP contribution in [0.3, 0.4) is 0 Å². The number of hydrogen-bond donors (Lipinski definition) is 1. The van der Waals surface area contributed by atoms with Crippen LogP contribution < -0.4 is 10.1 Å². The predicted octanol–water partition coefficient (Wildman–Crippen LogP) is 2.49. The van der Waals surface area contributed by atoms with E-state index in [1.165, 1.54) is 6.07 Å². The number of piperidine rings is 1. The maximum atomic E-state index is 14.0. The lowest BCUT2D eigenvalue weighted by Crippen LogP contribution is -2.49. The number of morpholine rings is 1. The highest BCUT2D eigenvalue weighted by Crippen LogP contribution is 2.21. The first kappa shape index (κ1) is 24.6. The molecule has 168 valence electrons. The summed E-state index contributed by atoms with van der Waals surface area (Å²) in [5.74, 6) is 1.01. The molecule has 1 N–H and O–H groups in total. The Kier molecular flexibility index (Phi) is 10.1. The van der Waals surface area contributed by atoms with Gasteiger partial charge in [0.05, 0.1) is 19.8 Å². The van der Waals surface area contributed by atoms with E-state index in [2.05, 4.69) is 15.2 Å². The molecule has 1 aromatic carbocycles. The number of amides is 1. The molecule has 0 aromatic heterocycles. The average Bonchev–Trinajstić information content (AvgIpc) is 2.76. The maximum absolute atomic E-state index is 14.0. The molecule has 2 fully saturated rings. The molecule has 0 radical (unpaired) electrons. The number of carbonyl (C=O) groups is 1. The van der Waals surface area contributed by atoms with Crippen LogP contribution in [0.25, 0.3) is 0 Å². The van der Waals surface area contributed by atoms with Gasteiger partial charge in [-0.3, -0.25) is 9.79 Å². The Balaban J connectivity index is 0.00000320. The van der Waals surface area contributed by atoms with Crippen LogP contribution >= 0.6 is 24.0 Å². The largest absolute Gasteiger partial charge is 0.491 e. The predicted molar refractivity (Wildman–Crippen MR) is 125 cm³/mol. The zero-order valence-electron chi connectivity index (χ0n) is 17.7. The Hall–Kier alpha value is -1.62. The molecule has 1 aromatic rings. The van der Waals surface area contributed by atoms with Gasteiger partial charge in [0.2, 0.25) is 5.91 Å². The molecule has 9 heteroatoms. The Morgan fingerprint density at radius 3 is 2.53 bits per heavy atom. The number of likely N-dealkylation sites (tertiary alicyclic amines) is 1. The highest BCUT2D eigenvalue weighted by molar-refractivity contribution is 14.0. The lowest BCUT2D eigenvalue weighted by atomic mass is 9.95. The van der Waals surface area contributed by atoms with Crippen molar-refractivity contribution in [1.82, 2.24) is 15.1 Å². The van der Waals surface area contributed by atoms with Gasteiger partial charge in [0.1, 0.15) is 0 Å². The standard InChI is InChI=1S/C21H31FN4O3.HI/c1-3-29-19-5-4-16(14-18(19)22)15-24-21(23-2)26-8-6-17(7-9-26)20(27)25-10-12-28-13-11-25;/h4-5,14,17H,3,6-13,15H2,1-2H3,(H,23,24);1H. The third-order valence-corrected chi connectivity index (χ3v) is 5.43. The topological polar surface area (TPSA) is 66.4 Å². The first-order valence-corrected chi connectivity index (χ1v) is 10.4. The van der Waals surface area contributed by atoms with Crippen LogP contribution in [-0.2, 0) is 16.1 Å². The molecule has 30 heavy (non-hydrogen) atoms. The Bertz CT molecular complexity index is 720. The molecule has 2 aliphatic rings. The molecular formula is C21H32FIN4O3. The molecule has 0 atom stereocenters. The van der Waals surface area contributed by atoms with Crippen LogP contribution in [-0.4, -0.2) is 74.7 Å². The fourth-order valence-electron chi connectivity index (χ4n) is 3.82. The van der Waals surface area contributed by atoms with Crippen molar-refractivity contribution in [2.24, 2.45) is 10.9 Å². The Morgan fingerprint density at radius 2 is 1.93 bits per heavy atom. The monoisotopic (exact) mass is 534 g/mol. The van der Waals surface area contributed by atoms with Crippen molar-refractivity contribution in [3.8, 4) is 5.75 Å². The summed E-state index contributed by atoms with van der Waals surface area (Å²) < 4.78 is 24.6. The van der Waals surface area contributed by atoms with Crippen molar-refractivity contribution >= 4 is 35.8 Å². The number of guanidine groups is 1. The van der Waals surface area contributed by atoms with Gasteiger partial charge in [-0.15, -0.1) is 24.0 Å². The van der Waals surface area contributed by atoms with Crippen molar-refractivity contribution in [2.45, 2.75) is 26.3 Å². The quantitative estimate of drug-likeness (QED) is 0.358. The van der Waals surface area contributed by atoms with Crippen LogP contribution in [0.5, 0.6) is 5.75 Å². The van der Waals surface area contributed by atoms with Gasteiger partial charge in [-0.05, 0) is 37.5 Å². The summed E-state index contributed by atoms with van der Waals surface area (Å²) in [6, 6.07) is 4.99. The van der Waals surface area contributed by atoms with Gasteiger partial charge in [-0.2, -0.15) is 0 Å². The third kappa shape index (κ3) is 6.44. The van der Waals surface area contributed by atoms with Gasteiger partial charge in [0.25, 0.3) is 0 Å². The van der Waals surface area contributed by atoms with Crippen LogP contribution in [0, 0.1) is 11.7 Å².